The number of rotatable bonds is 3. The van der Waals surface area contributed by atoms with Gasteiger partial charge in [0.25, 0.3) is 0 Å². The molecule has 3 nitrogen and oxygen atoms in total. The van der Waals surface area contributed by atoms with Crippen molar-refractivity contribution in [3.8, 4) is 0 Å². The van der Waals surface area contributed by atoms with Gasteiger partial charge in [-0.3, -0.25) is 0 Å². The predicted octanol–water partition coefficient (Wildman–Crippen LogP) is 1.50. The van der Waals surface area contributed by atoms with E-state index in [9.17, 15) is 5.11 Å². The number of hydrogen-bond acceptors (Lipinski definition) is 3. The number of nitrogens with zero attached hydrogens (tertiary/aromatic N) is 1. The van der Waals surface area contributed by atoms with Crippen molar-refractivity contribution < 1.29 is 9.84 Å². The van der Waals surface area contributed by atoms with Gasteiger partial charge in [0.2, 0.25) is 0 Å². The van der Waals surface area contributed by atoms with Gasteiger partial charge in [-0.2, -0.15) is 0 Å². The highest BCUT2D eigenvalue weighted by atomic mass is 16.5. The van der Waals surface area contributed by atoms with Crippen LogP contribution in [0.3, 0.4) is 0 Å². The fourth-order valence-electron chi connectivity index (χ4n) is 2.71. The molecule has 1 heterocycles. The molecule has 15 heavy (non-hydrogen) atoms. The molecule has 1 aliphatic rings. The van der Waals surface area contributed by atoms with E-state index in [4.69, 9.17) is 4.74 Å². The molecule has 0 aliphatic carbocycles. The molecule has 0 amide bonds. The van der Waals surface area contributed by atoms with Crippen LogP contribution in [0.4, 0.5) is 0 Å². The highest BCUT2D eigenvalue weighted by Gasteiger charge is 2.48. The van der Waals surface area contributed by atoms with E-state index in [2.05, 4.69) is 27.7 Å². The Labute approximate surface area is 93.4 Å². The van der Waals surface area contributed by atoms with Gasteiger partial charge >= 0.3 is 0 Å². The molecular formula is C12H25NO2. The summed E-state index contributed by atoms with van der Waals surface area (Å²) in [6.07, 6.45) is 0.617. The minimum absolute atomic E-state index is 0.110. The lowest BCUT2D eigenvalue weighted by Crippen LogP contribution is -2.41. The Kier molecular flexibility index (Phi) is 3.49. The molecule has 0 saturated carbocycles. The summed E-state index contributed by atoms with van der Waals surface area (Å²) in [5, 5.41) is 10.2. The van der Waals surface area contributed by atoms with E-state index in [0.717, 1.165) is 6.42 Å². The monoisotopic (exact) mass is 215 g/mol. The van der Waals surface area contributed by atoms with Crippen LogP contribution in [0.2, 0.25) is 0 Å². The first-order chi connectivity index (χ1) is 6.64. The average Bonchev–Trinajstić information content (AvgIpc) is 2.17. The first kappa shape index (κ1) is 12.9. The molecule has 0 radical (unpaired) electrons. The van der Waals surface area contributed by atoms with Crippen LogP contribution in [-0.2, 0) is 4.74 Å². The third-order valence-electron chi connectivity index (χ3n) is 3.16. The Morgan fingerprint density at radius 2 is 1.87 bits per heavy atom. The fourth-order valence-corrected chi connectivity index (χ4v) is 2.71. The summed E-state index contributed by atoms with van der Waals surface area (Å²) in [6, 6.07) is 0. The summed E-state index contributed by atoms with van der Waals surface area (Å²) >= 11 is 0. The number of aliphatic hydroxyl groups is 1. The highest BCUT2D eigenvalue weighted by Crippen LogP contribution is 2.43. The first-order valence-corrected chi connectivity index (χ1v) is 5.67. The molecule has 1 rings (SSSR count). The summed E-state index contributed by atoms with van der Waals surface area (Å²) in [7, 11) is 3.97. The molecule has 1 saturated heterocycles. The predicted molar refractivity (Wildman–Crippen MR) is 61.9 cm³/mol. The summed E-state index contributed by atoms with van der Waals surface area (Å²) in [5.74, 6) is 0.217. The van der Waals surface area contributed by atoms with Crippen molar-refractivity contribution in [1.29, 1.82) is 0 Å². The van der Waals surface area contributed by atoms with Gasteiger partial charge in [-0.25, -0.2) is 0 Å². The molecule has 0 aromatic rings. The van der Waals surface area contributed by atoms with Gasteiger partial charge in [0, 0.05) is 12.5 Å². The van der Waals surface area contributed by atoms with Gasteiger partial charge in [0.15, 0.2) is 0 Å². The van der Waals surface area contributed by atoms with Gasteiger partial charge in [-0.05, 0) is 48.2 Å². The third kappa shape index (κ3) is 3.16. The van der Waals surface area contributed by atoms with Crippen LogP contribution >= 0.6 is 0 Å². The SMILES string of the molecule is CN(C)CC(O)C1CC(C)(C)OC1(C)C. The zero-order chi connectivity index (χ0) is 11.9. The summed E-state index contributed by atoms with van der Waals surface area (Å²) in [5.41, 5.74) is -0.333. The van der Waals surface area contributed by atoms with Crippen molar-refractivity contribution >= 4 is 0 Å². The molecule has 1 N–H and O–H groups in total. The van der Waals surface area contributed by atoms with Gasteiger partial charge in [0.05, 0.1) is 17.3 Å². The Hall–Kier alpha value is -0.120. The minimum atomic E-state index is -0.309. The Morgan fingerprint density at radius 3 is 2.20 bits per heavy atom. The van der Waals surface area contributed by atoms with Crippen LogP contribution in [-0.4, -0.2) is 48.0 Å². The largest absolute Gasteiger partial charge is 0.391 e. The molecule has 0 aromatic heterocycles. The van der Waals surface area contributed by atoms with E-state index < -0.39 is 0 Å². The second-order valence-electron chi connectivity index (χ2n) is 6.11. The number of likely N-dealkylation sites (N-methyl/N-ethyl adjacent to an activating group) is 1. The highest BCUT2D eigenvalue weighted by molar-refractivity contribution is 4.97. The summed E-state index contributed by atoms with van der Waals surface area (Å²) < 4.78 is 5.97. The lowest BCUT2D eigenvalue weighted by atomic mass is 9.83. The quantitative estimate of drug-likeness (QED) is 0.774. The summed E-state index contributed by atoms with van der Waals surface area (Å²) in [4.78, 5) is 2.02. The second kappa shape index (κ2) is 4.04. The molecule has 1 aliphatic heterocycles. The molecule has 3 heteroatoms. The van der Waals surface area contributed by atoms with Crippen LogP contribution < -0.4 is 0 Å². The van der Waals surface area contributed by atoms with Gasteiger partial charge in [-0.15, -0.1) is 0 Å². The van der Waals surface area contributed by atoms with Crippen molar-refractivity contribution in [3.05, 3.63) is 0 Å². The molecule has 2 atom stereocenters. The lowest BCUT2D eigenvalue weighted by Gasteiger charge is -2.31. The van der Waals surface area contributed by atoms with E-state index in [1.807, 2.05) is 19.0 Å². The van der Waals surface area contributed by atoms with Crippen LogP contribution in [0.15, 0.2) is 0 Å². The van der Waals surface area contributed by atoms with E-state index in [1.165, 1.54) is 0 Å². The average molecular weight is 215 g/mol. The van der Waals surface area contributed by atoms with Crippen molar-refractivity contribution in [2.24, 2.45) is 5.92 Å². The maximum absolute atomic E-state index is 10.2. The zero-order valence-electron chi connectivity index (χ0n) is 10.9. The lowest BCUT2D eigenvalue weighted by molar-refractivity contribution is -0.0889. The molecule has 1 fully saturated rings. The maximum atomic E-state index is 10.2. The normalized spacial score (nSPS) is 30.8. The van der Waals surface area contributed by atoms with Crippen molar-refractivity contribution in [3.63, 3.8) is 0 Å². The van der Waals surface area contributed by atoms with E-state index >= 15 is 0 Å². The van der Waals surface area contributed by atoms with E-state index in [0.29, 0.717) is 6.54 Å². The van der Waals surface area contributed by atoms with Crippen LogP contribution in [0.5, 0.6) is 0 Å². The van der Waals surface area contributed by atoms with Gasteiger partial charge < -0.3 is 14.7 Å². The number of aliphatic hydroxyl groups excluding tert-OH is 1. The standard InChI is InChI=1S/C12H25NO2/c1-11(2)7-9(12(3,4)15-11)10(14)8-13(5)6/h9-10,14H,7-8H2,1-6H3. The van der Waals surface area contributed by atoms with Gasteiger partial charge in [0.1, 0.15) is 0 Å². The van der Waals surface area contributed by atoms with Crippen molar-refractivity contribution in [2.45, 2.75) is 51.4 Å². The number of hydrogen-bond donors (Lipinski definition) is 1. The topological polar surface area (TPSA) is 32.7 Å². The molecule has 90 valence electrons. The fraction of sp³-hybridized carbons (Fsp3) is 1.00. The van der Waals surface area contributed by atoms with Crippen molar-refractivity contribution in [2.75, 3.05) is 20.6 Å². The van der Waals surface area contributed by atoms with Crippen LogP contribution in [0, 0.1) is 5.92 Å². The zero-order valence-corrected chi connectivity index (χ0v) is 10.9. The molecule has 0 spiro atoms. The van der Waals surface area contributed by atoms with Crippen LogP contribution in [0.25, 0.3) is 0 Å². The molecule has 0 aromatic carbocycles. The third-order valence-corrected chi connectivity index (χ3v) is 3.16. The number of ether oxygens (including phenoxy) is 1. The minimum Gasteiger partial charge on any atom is -0.391 e. The van der Waals surface area contributed by atoms with E-state index in [1.54, 1.807) is 0 Å². The van der Waals surface area contributed by atoms with Crippen LogP contribution in [0.1, 0.15) is 34.1 Å². The maximum Gasteiger partial charge on any atom is 0.0723 e. The Balaban J connectivity index is 2.69. The smallest absolute Gasteiger partial charge is 0.0723 e. The molecule has 2 unspecified atom stereocenters. The first-order valence-electron chi connectivity index (χ1n) is 5.67. The van der Waals surface area contributed by atoms with Gasteiger partial charge in [-0.1, -0.05) is 0 Å². The Bertz CT molecular complexity index is 224. The van der Waals surface area contributed by atoms with Crippen molar-refractivity contribution in [1.82, 2.24) is 4.90 Å². The molecule has 0 bridgehead atoms. The Morgan fingerprint density at radius 1 is 1.33 bits per heavy atom. The van der Waals surface area contributed by atoms with E-state index in [-0.39, 0.29) is 23.2 Å². The second-order valence-corrected chi connectivity index (χ2v) is 6.11. The summed E-state index contributed by atoms with van der Waals surface area (Å²) in [6.45, 7) is 9.04. The molecular weight excluding hydrogens is 190 g/mol.